The van der Waals surface area contributed by atoms with Crippen LogP contribution in [0.1, 0.15) is 19.8 Å². The van der Waals surface area contributed by atoms with Gasteiger partial charge in [-0.15, -0.1) is 0 Å². The van der Waals surface area contributed by atoms with Gasteiger partial charge in [0.1, 0.15) is 10.6 Å². The molecule has 0 unspecified atom stereocenters. The van der Waals surface area contributed by atoms with E-state index in [1.807, 2.05) is 6.92 Å². The number of rotatable bonds is 5. The molecule has 0 aliphatic carbocycles. The molecule has 23 heavy (non-hydrogen) atoms. The number of amides is 1. The van der Waals surface area contributed by atoms with Crippen molar-refractivity contribution in [2.45, 2.75) is 24.7 Å². The molecule has 0 spiro atoms. The molecule has 0 saturated carbocycles. The molecule has 0 bridgehead atoms. The Hall–Kier alpha value is -1.31. The molecule has 1 aromatic rings. The predicted molar refractivity (Wildman–Crippen MR) is 88.2 cm³/mol. The van der Waals surface area contributed by atoms with Crippen molar-refractivity contribution in [2.75, 3.05) is 26.7 Å². The summed E-state index contributed by atoms with van der Waals surface area (Å²) in [6.45, 7) is 2.92. The summed E-state index contributed by atoms with van der Waals surface area (Å²) in [4.78, 5) is 12.0. The first-order valence-electron chi connectivity index (χ1n) is 7.51. The highest BCUT2D eigenvalue weighted by Crippen LogP contribution is 2.31. The molecule has 8 heteroatoms. The van der Waals surface area contributed by atoms with E-state index in [0.717, 1.165) is 0 Å². The minimum Gasteiger partial charge on any atom is -0.495 e. The third-order valence-corrected chi connectivity index (χ3v) is 5.97. The third kappa shape index (κ3) is 3.97. The molecule has 0 aromatic heterocycles. The van der Waals surface area contributed by atoms with Crippen LogP contribution in [0, 0.1) is 5.92 Å². The van der Waals surface area contributed by atoms with E-state index in [0.29, 0.717) is 31.0 Å². The van der Waals surface area contributed by atoms with Crippen LogP contribution >= 0.6 is 11.6 Å². The van der Waals surface area contributed by atoms with Crippen LogP contribution in [0.2, 0.25) is 5.02 Å². The van der Waals surface area contributed by atoms with E-state index < -0.39 is 10.0 Å². The van der Waals surface area contributed by atoms with E-state index in [2.05, 4.69) is 5.32 Å². The quantitative estimate of drug-likeness (QED) is 0.870. The molecule has 1 N–H and O–H groups in total. The van der Waals surface area contributed by atoms with Crippen molar-refractivity contribution in [3.05, 3.63) is 23.2 Å². The lowest BCUT2D eigenvalue weighted by atomic mass is 9.99. The number of carbonyl (C=O) groups excluding carboxylic acids is 1. The molecule has 2 rings (SSSR count). The smallest absolute Gasteiger partial charge is 0.246 e. The Labute approximate surface area is 141 Å². The second-order valence-corrected chi connectivity index (χ2v) is 7.73. The zero-order chi connectivity index (χ0) is 17.0. The van der Waals surface area contributed by atoms with Crippen molar-refractivity contribution in [2.24, 2.45) is 5.92 Å². The predicted octanol–water partition coefficient (Wildman–Crippen LogP) is 1.89. The Morgan fingerprint density at radius 3 is 2.87 bits per heavy atom. The number of carbonyl (C=O) groups is 1. The molecule has 1 heterocycles. The monoisotopic (exact) mass is 360 g/mol. The largest absolute Gasteiger partial charge is 0.495 e. The van der Waals surface area contributed by atoms with E-state index in [9.17, 15) is 13.2 Å². The lowest BCUT2D eigenvalue weighted by Crippen LogP contribution is -2.45. The van der Waals surface area contributed by atoms with Gasteiger partial charge in [0.05, 0.1) is 13.0 Å². The molecule has 1 atom stereocenters. The van der Waals surface area contributed by atoms with Gasteiger partial charge in [0.15, 0.2) is 0 Å². The first-order chi connectivity index (χ1) is 10.9. The van der Waals surface area contributed by atoms with E-state index in [-0.39, 0.29) is 29.0 Å². The highest BCUT2D eigenvalue weighted by molar-refractivity contribution is 7.89. The minimum atomic E-state index is -3.76. The molecule has 1 aliphatic rings. The molecule has 1 fully saturated rings. The van der Waals surface area contributed by atoms with Crippen LogP contribution in [0.5, 0.6) is 5.75 Å². The average molecular weight is 361 g/mol. The lowest BCUT2D eigenvalue weighted by molar-refractivity contribution is -0.125. The van der Waals surface area contributed by atoms with Crippen molar-refractivity contribution in [1.29, 1.82) is 0 Å². The topological polar surface area (TPSA) is 75.7 Å². The summed E-state index contributed by atoms with van der Waals surface area (Å²) in [6.07, 6.45) is 1.33. The van der Waals surface area contributed by atoms with E-state index in [1.165, 1.54) is 23.5 Å². The van der Waals surface area contributed by atoms with Gasteiger partial charge < -0.3 is 10.1 Å². The highest BCUT2D eigenvalue weighted by Gasteiger charge is 2.34. The fourth-order valence-electron chi connectivity index (χ4n) is 2.68. The maximum atomic E-state index is 12.9. The third-order valence-electron chi connectivity index (χ3n) is 3.85. The second kappa shape index (κ2) is 7.51. The minimum absolute atomic E-state index is 0.0315. The summed E-state index contributed by atoms with van der Waals surface area (Å²) in [7, 11) is -2.35. The molecule has 6 nitrogen and oxygen atoms in total. The summed E-state index contributed by atoms with van der Waals surface area (Å²) in [5, 5.41) is 3.07. The zero-order valence-corrected chi connectivity index (χ0v) is 14.8. The number of piperidine rings is 1. The number of ether oxygens (including phenoxy) is 1. The summed E-state index contributed by atoms with van der Waals surface area (Å²) < 4.78 is 32.3. The van der Waals surface area contributed by atoms with Gasteiger partial charge in [-0.05, 0) is 38.0 Å². The van der Waals surface area contributed by atoms with Gasteiger partial charge in [-0.1, -0.05) is 11.6 Å². The summed E-state index contributed by atoms with van der Waals surface area (Å²) in [5.74, 6) is -0.191. The van der Waals surface area contributed by atoms with Crippen LogP contribution < -0.4 is 10.1 Å². The first kappa shape index (κ1) is 18.0. The van der Waals surface area contributed by atoms with Crippen molar-refractivity contribution in [1.82, 2.24) is 9.62 Å². The normalized spacial score (nSPS) is 19.3. The molecular weight excluding hydrogens is 340 g/mol. The average Bonchev–Trinajstić information content (AvgIpc) is 2.55. The van der Waals surface area contributed by atoms with Crippen LogP contribution in [-0.2, 0) is 14.8 Å². The van der Waals surface area contributed by atoms with E-state index >= 15 is 0 Å². The van der Waals surface area contributed by atoms with Crippen LogP contribution in [0.3, 0.4) is 0 Å². The Morgan fingerprint density at radius 1 is 1.48 bits per heavy atom. The molecule has 1 amide bonds. The van der Waals surface area contributed by atoms with Gasteiger partial charge in [-0.2, -0.15) is 4.31 Å². The number of halogens is 1. The van der Waals surface area contributed by atoms with E-state index in [1.54, 1.807) is 6.07 Å². The van der Waals surface area contributed by atoms with Gasteiger partial charge in [-0.25, -0.2) is 8.42 Å². The zero-order valence-electron chi connectivity index (χ0n) is 13.2. The van der Waals surface area contributed by atoms with Gasteiger partial charge in [-0.3, -0.25) is 4.79 Å². The van der Waals surface area contributed by atoms with Crippen LogP contribution in [0.25, 0.3) is 0 Å². The number of nitrogens with one attached hydrogen (secondary N) is 1. The van der Waals surface area contributed by atoms with Crippen molar-refractivity contribution >= 4 is 27.5 Å². The van der Waals surface area contributed by atoms with Crippen molar-refractivity contribution in [3.63, 3.8) is 0 Å². The molecule has 128 valence electrons. The number of benzene rings is 1. The summed E-state index contributed by atoms with van der Waals surface area (Å²) in [6, 6.07) is 4.49. The number of nitrogens with zero attached hydrogens (tertiary/aromatic N) is 1. The van der Waals surface area contributed by atoms with Gasteiger partial charge in [0, 0.05) is 24.7 Å². The number of hydrogen-bond acceptors (Lipinski definition) is 4. The Kier molecular flexibility index (Phi) is 5.89. The second-order valence-electron chi connectivity index (χ2n) is 5.39. The molecular formula is C15H21ClN2O4S. The fraction of sp³-hybridized carbons (Fsp3) is 0.533. The molecule has 0 radical (unpaired) electrons. The number of hydrogen-bond donors (Lipinski definition) is 1. The SMILES string of the molecule is CCNC(=O)[C@@H]1CCCN(S(=O)(=O)c2cc(Cl)ccc2OC)C1. The van der Waals surface area contributed by atoms with Crippen molar-refractivity contribution < 1.29 is 17.9 Å². The van der Waals surface area contributed by atoms with E-state index in [4.69, 9.17) is 16.3 Å². The summed E-state index contributed by atoms with van der Waals surface area (Å²) in [5.41, 5.74) is 0. The van der Waals surface area contributed by atoms with Crippen molar-refractivity contribution in [3.8, 4) is 5.75 Å². The maximum Gasteiger partial charge on any atom is 0.246 e. The van der Waals surface area contributed by atoms with Gasteiger partial charge >= 0.3 is 0 Å². The lowest BCUT2D eigenvalue weighted by Gasteiger charge is -2.31. The Bertz CT molecular complexity index is 678. The Morgan fingerprint density at radius 2 is 2.22 bits per heavy atom. The first-order valence-corrected chi connectivity index (χ1v) is 9.33. The molecule has 1 saturated heterocycles. The number of sulfonamides is 1. The standard InChI is InChI=1S/C15H21ClN2O4S/c1-3-17-15(19)11-5-4-8-18(10-11)23(20,21)14-9-12(16)6-7-13(14)22-2/h6-7,9,11H,3-5,8,10H2,1-2H3,(H,17,19)/t11-/m1/s1. The van der Waals surface area contributed by atoms with Gasteiger partial charge in [0.2, 0.25) is 15.9 Å². The molecule has 1 aromatic carbocycles. The van der Waals surface area contributed by atoms with Gasteiger partial charge in [0.25, 0.3) is 0 Å². The number of methoxy groups -OCH3 is 1. The van der Waals surface area contributed by atoms with Crippen LogP contribution in [-0.4, -0.2) is 45.4 Å². The molecule has 1 aliphatic heterocycles. The highest BCUT2D eigenvalue weighted by atomic mass is 35.5. The maximum absolute atomic E-state index is 12.9. The summed E-state index contributed by atoms with van der Waals surface area (Å²) >= 11 is 5.94. The van der Waals surface area contributed by atoms with Crippen LogP contribution in [0.15, 0.2) is 23.1 Å². The fourth-order valence-corrected chi connectivity index (χ4v) is 4.63. The Balaban J connectivity index is 2.29. The van der Waals surface area contributed by atoms with Crippen LogP contribution in [0.4, 0.5) is 0 Å².